The van der Waals surface area contributed by atoms with E-state index < -0.39 is 0 Å². The van der Waals surface area contributed by atoms with Crippen molar-refractivity contribution >= 4 is 29.1 Å². The van der Waals surface area contributed by atoms with E-state index in [1.165, 1.54) is 0 Å². The van der Waals surface area contributed by atoms with E-state index in [1.54, 1.807) is 24.3 Å². The molecular formula is C18H20Cl2N4O2. The summed E-state index contributed by atoms with van der Waals surface area (Å²) in [6.07, 6.45) is 3.31. The standard InChI is InChI=1S/C18H20Cl2N4O2/c1-2-7-21-18(25)12-5-8-24(9-6-12)11-16-22-17(23-26-16)14-4-3-13(19)10-15(14)20/h2-4,10,12H,1,5-9,11H2,(H,21,25). The van der Waals surface area contributed by atoms with Crippen LogP contribution in [0, 0.1) is 5.92 Å². The molecule has 1 aromatic carbocycles. The van der Waals surface area contributed by atoms with Gasteiger partial charge >= 0.3 is 0 Å². The van der Waals surface area contributed by atoms with Crippen LogP contribution in [0.15, 0.2) is 35.4 Å². The van der Waals surface area contributed by atoms with Crippen LogP contribution in [0.5, 0.6) is 0 Å². The largest absolute Gasteiger partial charge is 0.352 e. The lowest BCUT2D eigenvalue weighted by molar-refractivity contribution is -0.126. The van der Waals surface area contributed by atoms with E-state index in [9.17, 15) is 4.79 Å². The first-order valence-electron chi connectivity index (χ1n) is 8.46. The van der Waals surface area contributed by atoms with Gasteiger partial charge in [-0.3, -0.25) is 9.69 Å². The highest BCUT2D eigenvalue weighted by Crippen LogP contribution is 2.28. The van der Waals surface area contributed by atoms with Crippen LogP contribution in [0.3, 0.4) is 0 Å². The monoisotopic (exact) mass is 394 g/mol. The summed E-state index contributed by atoms with van der Waals surface area (Å²) in [5.74, 6) is 1.13. The van der Waals surface area contributed by atoms with Gasteiger partial charge in [-0.2, -0.15) is 4.98 Å². The lowest BCUT2D eigenvalue weighted by Crippen LogP contribution is -2.40. The van der Waals surface area contributed by atoms with Gasteiger partial charge in [0, 0.05) is 23.0 Å². The topological polar surface area (TPSA) is 71.3 Å². The first kappa shape index (κ1) is 18.9. The van der Waals surface area contributed by atoms with E-state index in [0.717, 1.165) is 25.9 Å². The predicted octanol–water partition coefficient (Wildman–Crippen LogP) is 3.56. The second-order valence-corrected chi connectivity index (χ2v) is 7.06. The molecule has 6 nitrogen and oxygen atoms in total. The third-order valence-electron chi connectivity index (χ3n) is 4.38. The molecule has 138 valence electrons. The van der Waals surface area contributed by atoms with Gasteiger partial charge in [-0.25, -0.2) is 0 Å². The van der Waals surface area contributed by atoms with Crippen molar-refractivity contribution in [1.29, 1.82) is 0 Å². The molecule has 2 aromatic rings. The van der Waals surface area contributed by atoms with Crippen LogP contribution < -0.4 is 5.32 Å². The predicted molar refractivity (Wildman–Crippen MR) is 101 cm³/mol. The Morgan fingerprint density at radius 2 is 2.15 bits per heavy atom. The maximum atomic E-state index is 12.0. The first-order valence-corrected chi connectivity index (χ1v) is 9.21. The minimum atomic E-state index is 0.0531. The van der Waals surface area contributed by atoms with Crippen LogP contribution in [0.2, 0.25) is 10.0 Å². The zero-order chi connectivity index (χ0) is 18.5. The summed E-state index contributed by atoms with van der Waals surface area (Å²) in [6.45, 7) is 6.30. The van der Waals surface area contributed by atoms with Crippen LogP contribution in [0.4, 0.5) is 0 Å². The lowest BCUT2D eigenvalue weighted by Gasteiger charge is -2.30. The number of rotatable bonds is 6. The smallest absolute Gasteiger partial charge is 0.241 e. The highest BCUT2D eigenvalue weighted by molar-refractivity contribution is 6.36. The third-order valence-corrected chi connectivity index (χ3v) is 4.93. The summed E-state index contributed by atoms with van der Waals surface area (Å²) in [4.78, 5) is 18.6. The fraction of sp³-hybridized carbons (Fsp3) is 0.389. The summed E-state index contributed by atoms with van der Waals surface area (Å²) in [5, 5.41) is 7.90. The summed E-state index contributed by atoms with van der Waals surface area (Å²) in [6, 6.07) is 5.16. The second-order valence-electron chi connectivity index (χ2n) is 6.22. The summed E-state index contributed by atoms with van der Waals surface area (Å²) >= 11 is 12.1. The van der Waals surface area contributed by atoms with E-state index in [4.69, 9.17) is 27.7 Å². The number of halogens is 2. The molecule has 0 saturated carbocycles. The summed E-state index contributed by atoms with van der Waals surface area (Å²) in [5.41, 5.74) is 0.684. The van der Waals surface area contributed by atoms with Crippen molar-refractivity contribution < 1.29 is 9.32 Å². The Labute approximate surface area is 162 Å². The lowest BCUT2D eigenvalue weighted by atomic mass is 9.96. The summed E-state index contributed by atoms with van der Waals surface area (Å²) < 4.78 is 5.35. The van der Waals surface area contributed by atoms with Crippen molar-refractivity contribution in [3.8, 4) is 11.4 Å². The van der Waals surface area contributed by atoms with Crippen LogP contribution in [-0.2, 0) is 11.3 Å². The maximum absolute atomic E-state index is 12.0. The molecule has 0 radical (unpaired) electrons. The fourth-order valence-electron chi connectivity index (χ4n) is 2.96. The number of hydrogen-bond acceptors (Lipinski definition) is 5. The Hall–Kier alpha value is -1.89. The number of hydrogen-bond donors (Lipinski definition) is 1. The van der Waals surface area contributed by atoms with Crippen molar-refractivity contribution in [1.82, 2.24) is 20.4 Å². The molecule has 3 rings (SSSR count). The molecule has 2 heterocycles. The number of carbonyl (C=O) groups is 1. The number of carbonyl (C=O) groups excluding carboxylic acids is 1. The molecule has 1 saturated heterocycles. The van der Waals surface area contributed by atoms with Gasteiger partial charge in [-0.1, -0.05) is 34.4 Å². The first-order chi connectivity index (χ1) is 12.6. The molecule has 1 N–H and O–H groups in total. The van der Waals surface area contributed by atoms with Crippen LogP contribution >= 0.6 is 23.2 Å². The minimum Gasteiger partial charge on any atom is -0.352 e. The van der Waals surface area contributed by atoms with Crippen LogP contribution in [-0.4, -0.2) is 40.6 Å². The Balaban J connectivity index is 1.55. The van der Waals surface area contributed by atoms with E-state index >= 15 is 0 Å². The number of amides is 1. The number of likely N-dealkylation sites (tertiary alicyclic amines) is 1. The SMILES string of the molecule is C=CCNC(=O)C1CCN(Cc2nc(-c3ccc(Cl)cc3Cl)no2)CC1. The van der Waals surface area contributed by atoms with E-state index in [-0.39, 0.29) is 11.8 Å². The fourth-order valence-corrected chi connectivity index (χ4v) is 3.45. The van der Waals surface area contributed by atoms with E-state index in [0.29, 0.717) is 40.4 Å². The third kappa shape index (κ3) is 4.63. The van der Waals surface area contributed by atoms with Crippen molar-refractivity contribution in [3.63, 3.8) is 0 Å². The average molecular weight is 395 g/mol. The normalized spacial score (nSPS) is 15.8. The Morgan fingerprint density at radius 1 is 1.38 bits per heavy atom. The number of benzene rings is 1. The Kier molecular flexibility index (Phi) is 6.29. The van der Waals surface area contributed by atoms with Gasteiger partial charge in [0.05, 0.1) is 11.6 Å². The highest BCUT2D eigenvalue weighted by atomic mass is 35.5. The minimum absolute atomic E-state index is 0.0531. The molecule has 8 heteroatoms. The van der Waals surface area contributed by atoms with Crippen LogP contribution in [0.1, 0.15) is 18.7 Å². The van der Waals surface area contributed by atoms with E-state index in [1.807, 2.05) is 0 Å². The quantitative estimate of drug-likeness (QED) is 0.758. The highest BCUT2D eigenvalue weighted by Gasteiger charge is 2.25. The zero-order valence-electron chi connectivity index (χ0n) is 14.3. The molecule has 0 spiro atoms. The molecule has 0 aliphatic carbocycles. The summed E-state index contributed by atoms with van der Waals surface area (Å²) in [7, 11) is 0. The van der Waals surface area contributed by atoms with Gasteiger partial charge in [0.15, 0.2) is 0 Å². The van der Waals surface area contributed by atoms with Crippen molar-refractivity contribution in [2.75, 3.05) is 19.6 Å². The maximum Gasteiger partial charge on any atom is 0.241 e. The molecular weight excluding hydrogens is 375 g/mol. The number of aromatic nitrogens is 2. The van der Waals surface area contributed by atoms with Gasteiger partial charge in [0.2, 0.25) is 17.6 Å². The molecule has 1 aliphatic heterocycles. The number of nitrogens with one attached hydrogen (secondary N) is 1. The van der Waals surface area contributed by atoms with Gasteiger partial charge in [0.1, 0.15) is 0 Å². The average Bonchev–Trinajstić information content (AvgIpc) is 3.08. The van der Waals surface area contributed by atoms with Crippen molar-refractivity contribution in [2.45, 2.75) is 19.4 Å². The molecule has 0 bridgehead atoms. The molecule has 1 aromatic heterocycles. The second kappa shape index (κ2) is 8.66. The van der Waals surface area contributed by atoms with Crippen LogP contribution in [0.25, 0.3) is 11.4 Å². The molecule has 0 atom stereocenters. The van der Waals surface area contributed by atoms with Crippen molar-refractivity contribution in [2.24, 2.45) is 5.92 Å². The molecule has 1 amide bonds. The van der Waals surface area contributed by atoms with Gasteiger partial charge in [-0.05, 0) is 44.1 Å². The Bertz CT molecular complexity index is 785. The number of piperidine rings is 1. The molecule has 0 unspecified atom stereocenters. The van der Waals surface area contributed by atoms with E-state index in [2.05, 4.69) is 26.9 Å². The molecule has 1 aliphatic rings. The molecule has 26 heavy (non-hydrogen) atoms. The number of nitrogens with zero attached hydrogens (tertiary/aromatic N) is 3. The van der Waals surface area contributed by atoms with Gasteiger partial charge in [0.25, 0.3) is 0 Å². The van der Waals surface area contributed by atoms with Gasteiger partial charge in [-0.15, -0.1) is 6.58 Å². The molecule has 1 fully saturated rings. The zero-order valence-corrected chi connectivity index (χ0v) is 15.8. The Morgan fingerprint density at radius 3 is 2.85 bits per heavy atom. The van der Waals surface area contributed by atoms with Gasteiger partial charge < -0.3 is 9.84 Å². The van der Waals surface area contributed by atoms with Crippen molar-refractivity contribution in [3.05, 3.63) is 46.8 Å².